The van der Waals surface area contributed by atoms with Crippen LogP contribution in [0.5, 0.6) is 0 Å². The molecule has 3 nitrogen and oxygen atoms in total. The maximum Gasteiger partial charge on any atom is 0.416 e. The van der Waals surface area contributed by atoms with Gasteiger partial charge in [-0.15, -0.1) is 0 Å². The van der Waals surface area contributed by atoms with Gasteiger partial charge < -0.3 is 11.1 Å². The second kappa shape index (κ2) is 5.56. The van der Waals surface area contributed by atoms with Crippen molar-refractivity contribution in [1.82, 2.24) is 0 Å². The van der Waals surface area contributed by atoms with Crippen molar-refractivity contribution in [1.29, 1.82) is 0 Å². The number of amides is 1. The minimum absolute atomic E-state index is 0.258. The summed E-state index contributed by atoms with van der Waals surface area (Å²) in [6, 6.07) is 4.73. The summed E-state index contributed by atoms with van der Waals surface area (Å²) in [5.41, 5.74) is 4.85. The molecular formula is C11H13F3N2O. The molecule has 0 aromatic heterocycles. The zero-order chi connectivity index (χ0) is 12.9. The highest BCUT2D eigenvalue weighted by atomic mass is 19.4. The molecule has 0 spiro atoms. The molecule has 0 bridgehead atoms. The molecule has 6 heteroatoms. The van der Waals surface area contributed by atoms with E-state index >= 15 is 0 Å². The van der Waals surface area contributed by atoms with Crippen LogP contribution in [-0.4, -0.2) is 12.5 Å². The van der Waals surface area contributed by atoms with Crippen LogP contribution in [0.2, 0.25) is 0 Å². The number of benzene rings is 1. The molecule has 0 unspecified atom stereocenters. The molecule has 0 saturated heterocycles. The molecule has 1 rings (SSSR count). The van der Waals surface area contributed by atoms with E-state index in [4.69, 9.17) is 5.73 Å². The molecule has 1 aromatic rings. The van der Waals surface area contributed by atoms with E-state index in [2.05, 4.69) is 5.32 Å². The van der Waals surface area contributed by atoms with Gasteiger partial charge >= 0.3 is 6.18 Å². The molecule has 17 heavy (non-hydrogen) atoms. The zero-order valence-corrected chi connectivity index (χ0v) is 9.05. The topological polar surface area (TPSA) is 55.1 Å². The van der Waals surface area contributed by atoms with Gasteiger partial charge in [0.05, 0.1) is 5.56 Å². The fraction of sp³-hybridized carbons (Fsp3) is 0.364. The Bertz CT molecular complexity index is 373. The molecule has 0 aliphatic heterocycles. The lowest BCUT2D eigenvalue weighted by atomic mass is 10.2. The summed E-state index contributed by atoms with van der Waals surface area (Å²) in [5.74, 6) is -0.390. The van der Waals surface area contributed by atoms with Crippen LogP contribution in [0.15, 0.2) is 24.3 Å². The molecule has 3 N–H and O–H groups in total. The van der Waals surface area contributed by atoms with Crippen LogP contribution in [0, 0.1) is 0 Å². The standard InChI is InChI=1S/C11H13F3N2O/c12-11(13,14)8-3-5-9(6-4-8)16-7-1-2-10(15)17/h3-6,16H,1-2,7H2,(H2,15,17). The van der Waals surface area contributed by atoms with Crippen LogP contribution in [0.3, 0.4) is 0 Å². The summed E-state index contributed by atoms with van der Waals surface area (Å²) in [5, 5.41) is 2.90. The Morgan fingerprint density at radius 2 is 1.82 bits per heavy atom. The van der Waals surface area contributed by atoms with Crippen molar-refractivity contribution in [2.75, 3.05) is 11.9 Å². The maximum atomic E-state index is 12.2. The van der Waals surface area contributed by atoms with Crippen molar-refractivity contribution in [2.45, 2.75) is 19.0 Å². The fourth-order valence-electron chi connectivity index (χ4n) is 1.27. The van der Waals surface area contributed by atoms with E-state index in [1.807, 2.05) is 0 Å². The normalized spacial score (nSPS) is 11.2. The largest absolute Gasteiger partial charge is 0.416 e. The summed E-state index contributed by atoms with van der Waals surface area (Å²) < 4.78 is 36.7. The first kappa shape index (κ1) is 13.3. The number of anilines is 1. The summed E-state index contributed by atoms with van der Waals surface area (Å²) in [7, 11) is 0. The van der Waals surface area contributed by atoms with E-state index in [1.54, 1.807) is 0 Å². The Labute approximate surface area is 96.8 Å². The minimum Gasteiger partial charge on any atom is -0.385 e. The maximum absolute atomic E-state index is 12.2. The van der Waals surface area contributed by atoms with E-state index in [-0.39, 0.29) is 12.3 Å². The Kier molecular flexibility index (Phi) is 4.37. The average Bonchev–Trinajstić information content (AvgIpc) is 2.23. The highest BCUT2D eigenvalue weighted by Gasteiger charge is 2.29. The molecular weight excluding hydrogens is 233 g/mol. The molecule has 94 valence electrons. The number of carbonyl (C=O) groups excluding carboxylic acids is 1. The average molecular weight is 246 g/mol. The lowest BCUT2D eigenvalue weighted by molar-refractivity contribution is -0.137. The lowest BCUT2D eigenvalue weighted by Crippen LogP contribution is -2.12. The lowest BCUT2D eigenvalue weighted by Gasteiger charge is -2.09. The Morgan fingerprint density at radius 3 is 2.29 bits per heavy atom. The highest BCUT2D eigenvalue weighted by molar-refractivity contribution is 5.73. The summed E-state index contributed by atoms with van der Waals surface area (Å²) in [6.07, 6.45) is -3.51. The Morgan fingerprint density at radius 1 is 1.24 bits per heavy atom. The smallest absolute Gasteiger partial charge is 0.385 e. The molecule has 1 aromatic carbocycles. The number of halogens is 3. The first-order valence-corrected chi connectivity index (χ1v) is 5.09. The third kappa shape index (κ3) is 4.76. The monoisotopic (exact) mass is 246 g/mol. The molecule has 0 saturated carbocycles. The van der Waals surface area contributed by atoms with Crippen molar-refractivity contribution >= 4 is 11.6 Å². The van der Waals surface area contributed by atoms with Crippen LogP contribution in [0.25, 0.3) is 0 Å². The quantitative estimate of drug-likeness (QED) is 0.784. The number of carbonyl (C=O) groups is 1. The van der Waals surface area contributed by atoms with Crippen LogP contribution in [-0.2, 0) is 11.0 Å². The van der Waals surface area contributed by atoms with E-state index in [9.17, 15) is 18.0 Å². The van der Waals surface area contributed by atoms with Gasteiger partial charge in [-0.3, -0.25) is 4.79 Å². The van der Waals surface area contributed by atoms with Crippen molar-refractivity contribution in [3.8, 4) is 0 Å². The van der Waals surface area contributed by atoms with E-state index in [0.29, 0.717) is 18.7 Å². The second-order valence-corrected chi connectivity index (χ2v) is 3.57. The fourth-order valence-corrected chi connectivity index (χ4v) is 1.27. The van der Waals surface area contributed by atoms with E-state index < -0.39 is 11.7 Å². The summed E-state index contributed by atoms with van der Waals surface area (Å²) in [6.45, 7) is 0.494. The van der Waals surface area contributed by atoms with Crippen LogP contribution in [0.1, 0.15) is 18.4 Å². The second-order valence-electron chi connectivity index (χ2n) is 3.57. The van der Waals surface area contributed by atoms with Crippen molar-refractivity contribution < 1.29 is 18.0 Å². The Balaban J connectivity index is 2.43. The SMILES string of the molecule is NC(=O)CCCNc1ccc(C(F)(F)F)cc1. The predicted molar refractivity (Wildman–Crippen MR) is 58.4 cm³/mol. The molecule has 0 fully saturated rings. The molecule has 0 radical (unpaired) electrons. The van der Waals surface area contributed by atoms with Crippen LogP contribution < -0.4 is 11.1 Å². The number of hydrogen-bond acceptors (Lipinski definition) is 2. The van der Waals surface area contributed by atoms with Gasteiger partial charge in [-0.05, 0) is 30.7 Å². The number of hydrogen-bond donors (Lipinski definition) is 2. The number of alkyl halides is 3. The number of nitrogens with one attached hydrogen (secondary N) is 1. The first-order chi connectivity index (χ1) is 7.89. The predicted octanol–water partition coefficient (Wildman–Crippen LogP) is 2.38. The molecule has 0 aliphatic rings. The highest BCUT2D eigenvalue weighted by Crippen LogP contribution is 2.29. The molecule has 0 atom stereocenters. The van der Waals surface area contributed by atoms with Crippen LogP contribution in [0.4, 0.5) is 18.9 Å². The number of nitrogens with two attached hydrogens (primary N) is 1. The minimum atomic E-state index is -4.31. The molecule has 1 amide bonds. The van der Waals surface area contributed by atoms with Crippen molar-refractivity contribution in [3.05, 3.63) is 29.8 Å². The van der Waals surface area contributed by atoms with Crippen molar-refractivity contribution in [3.63, 3.8) is 0 Å². The van der Waals surface area contributed by atoms with Gasteiger partial charge in [-0.1, -0.05) is 0 Å². The van der Waals surface area contributed by atoms with Gasteiger partial charge in [0.25, 0.3) is 0 Å². The van der Waals surface area contributed by atoms with Gasteiger partial charge in [0, 0.05) is 18.7 Å². The Hall–Kier alpha value is -1.72. The van der Waals surface area contributed by atoms with Gasteiger partial charge in [0.1, 0.15) is 0 Å². The van der Waals surface area contributed by atoms with Gasteiger partial charge in [-0.2, -0.15) is 13.2 Å². The molecule has 0 aliphatic carbocycles. The molecule has 0 heterocycles. The summed E-state index contributed by atoms with van der Waals surface area (Å²) >= 11 is 0. The van der Waals surface area contributed by atoms with E-state index in [1.165, 1.54) is 12.1 Å². The first-order valence-electron chi connectivity index (χ1n) is 5.09. The van der Waals surface area contributed by atoms with Gasteiger partial charge in [-0.25, -0.2) is 0 Å². The van der Waals surface area contributed by atoms with Crippen LogP contribution >= 0.6 is 0 Å². The van der Waals surface area contributed by atoms with Gasteiger partial charge in [0.2, 0.25) is 5.91 Å². The number of rotatable bonds is 5. The van der Waals surface area contributed by atoms with Gasteiger partial charge in [0.15, 0.2) is 0 Å². The zero-order valence-electron chi connectivity index (χ0n) is 9.05. The number of primary amides is 1. The summed E-state index contributed by atoms with van der Waals surface area (Å²) in [4.78, 5) is 10.4. The van der Waals surface area contributed by atoms with E-state index in [0.717, 1.165) is 12.1 Å². The third-order valence-corrected chi connectivity index (χ3v) is 2.14. The third-order valence-electron chi connectivity index (χ3n) is 2.14. The van der Waals surface area contributed by atoms with Crippen molar-refractivity contribution in [2.24, 2.45) is 5.73 Å².